The number of unbranched alkanes of at least 4 members (excludes halogenated alkanes) is 4. The highest BCUT2D eigenvalue weighted by atomic mass is 35.5. The standard InChI is InChI=1S/C29H34ClF2N5O3/c1-2-24(39)36-12-14-37(15-13-36)29-20-17-21(30)25(27(32)28(20)34-18-35-29)26-22(31)9-8-10-23(26)40-16-7-5-3-4-6-11-33-19-38/h8-10,17-19H,2-7,11-16H2,1H3,(H,33,38). The third-order valence-electron chi connectivity index (χ3n) is 7.07. The van der Waals surface area contributed by atoms with Gasteiger partial charge in [0, 0.05) is 50.1 Å². The van der Waals surface area contributed by atoms with E-state index < -0.39 is 11.6 Å². The van der Waals surface area contributed by atoms with Gasteiger partial charge in [-0.1, -0.05) is 43.9 Å². The van der Waals surface area contributed by atoms with E-state index >= 15 is 8.78 Å². The van der Waals surface area contributed by atoms with Crippen LogP contribution < -0.4 is 15.0 Å². The van der Waals surface area contributed by atoms with E-state index in [0.717, 1.165) is 32.1 Å². The van der Waals surface area contributed by atoms with Crippen molar-refractivity contribution in [1.82, 2.24) is 20.2 Å². The summed E-state index contributed by atoms with van der Waals surface area (Å²) in [4.78, 5) is 34.7. The van der Waals surface area contributed by atoms with E-state index in [4.69, 9.17) is 16.3 Å². The fourth-order valence-corrected chi connectivity index (χ4v) is 5.24. The lowest BCUT2D eigenvalue weighted by Crippen LogP contribution is -2.48. The lowest BCUT2D eigenvalue weighted by Gasteiger charge is -2.35. The number of hydrogen-bond acceptors (Lipinski definition) is 6. The fourth-order valence-electron chi connectivity index (χ4n) is 4.96. The van der Waals surface area contributed by atoms with Crippen LogP contribution in [0.4, 0.5) is 14.6 Å². The Morgan fingerprint density at radius 2 is 1.82 bits per heavy atom. The summed E-state index contributed by atoms with van der Waals surface area (Å²) >= 11 is 6.62. The summed E-state index contributed by atoms with van der Waals surface area (Å²) in [6.45, 7) is 5.00. The van der Waals surface area contributed by atoms with Gasteiger partial charge >= 0.3 is 0 Å². The van der Waals surface area contributed by atoms with Crippen LogP contribution in [0.2, 0.25) is 5.02 Å². The Hall–Kier alpha value is -3.53. The minimum Gasteiger partial charge on any atom is -0.493 e. The molecule has 214 valence electrons. The molecule has 1 aliphatic heterocycles. The number of fused-ring (bicyclic) bond motifs is 1. The highest BCUT2D eigenvalue weighted by Gasteiger charge is 2.26. The van der Waals surface area contributed by atoms with Crippen molar-refractivity contribution in [1.29, 1.82) is 0 Å². The first-order chi connectivity index (χ1) is 19.5. The summed E-state index contributed by atoms with van der Waals surface area (Å²) in [5.74, 6) is -0.567. The maximum atomic E-state index is 16.1. The Morgan fingerprint density at radius 3 is 2.58 bits per heavy atom. The van der Waals surface area contributed by atoms with Gasteiger partial charge in [-0.15, -0.1) is 0 Å². The number of nitrogens with zero attached hydrogens (tertiary/aromatic N) is 4. The van der Waals surface area contributed by atoms with E-state index in [2.05, 4.69) is 15.3 Å². The molecule has 11 heteroatoms. The predicted molar refractivity (Wildman–Crippen MR) is 152 cm³/mol. The molecule has 40 heavy (non-hydrogen) atoms. The Morgan fingerprint density at radius 1 is 1.07 bits per heavy atom. The third kappa shape index (κ3) is 6.78. The van der Waals surface area contributed by atoms with E-state index in [1.807, 2.05) is 11.8 Å². The molecule has 2 amide bonds. The second kappa shape index (κ2) is 14.2. The minimum atomic E-state index is -0.746. The van der Waals surface area contributed by atoms with E-state index in [0.29, 0.717) is 63.4 Å². The number of piperazine rings is 1. The lowest BCUT2D eigenvalue weighted by molar-refractivity contribution is -0.131. The molecule has 0 bridgehead atoms. The zero-order chi connectivity index (χ0) is 28.5. The van der Waals surface area contributed by atoms with Crippen LogP contribution in [-0.2, 0) is 9.59 Å². The first-order valence-electron chi connectivity index (χ1n) is 13.7. The SMILES string of the molecule is CCC(=O)N1CCN(c2ncnc3c(F)c(-c4c(F)cccc4OCCCCCCCNC=O)c(Cl)cc23)CC1. The second-order valence-corrected chi connectivity index (χ2v) is 10.1. The van der Waals surface area contributed by atoms with Crippen LogP contribution in [0.15, 0.2) is 30.6 Å². The van der Waals surface area contributed by atoms with Crippen molar-refractivity contribution in [3.05, 3.63) is 47.2 Å². The van der Waals surface area contributed by atoms with E-state index in [9.17, 15) is 9.59 Å². The number of aromatic nitrogens is 2. The first-order valence-corrected chi connectivity index (χ1v) is 14.1. The molecule has 2 heterocycles. The molecule has 1 aliphatic rings. The van der Waals surface area contributed by atoms with Gasteiger partial charge in [-0.2, -0.15) is 0 Å². The smallest absolute Gasteiger partial charge is 0.222 e. The average Bonchev–Trinajstić information content (AvgIpc) is 2.97. The van der Waals surface area contributed by atoms with Gasteiger partial charge in [-0.3, -0.25) is 9.59 Å². The van der Waals surface area contributed by atoms with Gasteiger partial charge in [0.05, 0.1) is 17.2 Å². The van der Waals surface area contributed by atoms with Crippen molar-refractivity contribution in [2.75, 3.05) is 44.2 Å². The summed E-state index contributed by atoms with van der Waals surface area (Å²) in [5.41, 5.74) is -0.110. The molecule has 0 atom stereocenters. The van der Waals surface area contributed by atoms with Gasteiger partial charge < -0.3 is 19.9 Å². The number of benzene rings is 2. The maximum Gasteiger partial charge on any atom is 0.222 e. The largest absolute Gasteiger partial charge is 0.493 e. The van der Waals surface area contributed by atoms with Gasteiger partial charge in [0.25, 0.3) is 0 Å². The van der Waals surface area contributed by atoms with Crippen molar-refractivity contribution in [2.45, 2.75) is 45.4 Å². The number of hydrogen-bond donors (Lipinski definition) is 1. The van der Waals surface area contributed by atoms with Crippen LogP contribution in [0.3, 0.4) is 0 Å². The van der Waals surface area contributed by atoms with Gasteiger partial charge in [0.1, 0.15) is 29.2 Å². The normalized spacial score (nSPS) is 13.5. The molecule has 0 unspecified atom stereocenters. The number of carbonyl (C=O) groups excluding carboxylic acids is 2. The molecule has 8 nitrogen and oxygen atoms in total. The van der Waals surface area contributed by atoms with E-state index in [1.165, 1.54) is 18.5 Å². The summed E-state index contributed by atoms with van der Waals surface area (Å²) in [5, 5.41) is 3.09. The van der Waals surface area contributed by atoms with Crippen LogP contribution >= 0.6 is 11.6 Å². The number of rotatable bonds is 13. The monoisotopic (exact) mass is 573 g/mol. The summed E-state index contributed by atoms with van der Waals surface area (Å²) < 4.78 is 37.1. The molecule has 1 fully saturated rings. The van der Waals surface area contributed by atoms with E-state index in [-0.39, 0.29) is 33.3 Å². The molecule has 3 aromatic rings. The third-order valence-corrected chi connectivity index (χ3v) is 7.36. The molecule has 2 aromatic carbocycles. The average molecular weight is 574 g/mol. The molecule has 0 spiro atoms. The molecule has 0 aliphatic carbocycles. The van der Waals surface area contributed by atoms with Gasteiger partial charge in [-0.25, -0.2) is 18.7 Å². The number of anilines is 1. The number of carbonyl (C=O) groups is 2. The number of ether oxygens (including phenoxy) is 1. The Kier molecular flexibility index (Phi) is 10.5. The quantitative estimate of drug-likeness (QED) is 0.219. The summed E-state index contributed by atoms with van der Waals surface area (Å²) in [6, 6.07) is 5.94. The Bertz CT molecular complexity index is 1330. The van der Waals surface area contributed by atoms with Crippen LogP contribution in [0, 0.1) is 11.6 Å². The van der Waals surface area contributed by atoms with Crippen molar-refractivity contribution in [3.8, 4) is 16.9 Å². The fraction of sp³-hybridized carbons (Fsp3) is 0.448. The van der Waals surface area contributed by atoms with Crippen molar-refractivity contribution < 1.29 is 23.1 Å². The maximum absolute atomic E-state index is 16.1. The highest BCUT2D eigenvalue weighted by Crippen LogP contribution is 2.42. The molecule has 1 N–H and O–H groups in total. The summed E-state index contributed by atoms with van der Waals surface area (Å²) in [6.07, 6.45) is 6.97. The molecular formula is C29H34ClF2N5O3. The van der Waals surface area contributed by atoms with Crippen LogP contribution in [0.25, 0.3) is 22.0 Å². The van der Waals surface area contributed by atoms with Gasteiger partial charge in [0.2, 0.25) is 12.3 Å². The van der Waals surface area contributed by atoms with Gasteiger partial charge in [-0.05, 0) is 31.0 Å². The van der Waals surface area contributed by atoms with Crippen LogP contribution in [-0.4, -0.2) is 66.5 Å². The molecule has 1 aromatic heterocycles. The Balaban J connectivity index is 1.53. The lowest BCUT2D eigenvalue weighted by atomic mass is 10.0. The number of nitrogens with one attached hydrogen (secondary N) is 1. The zero-order valence-electron chi connectivity index (χ0n) is 22.6. The van der Waals surface area contributed by atoms with Gasteiger partial charge in [0.15, 0.2) is 5.82 Å². The predicted octanol–water partition coefficient (Wildman–Crippen LogP) is 5.36. The second-order valence-electron chi connectivity index (χ2n) is 9.66. The van der Waals surface area contributed by atoms with Crippen LogP contribution in [0.5, 0.6) is 5.75 Å². The molecule has 4 rings (SSSR count). The number of halogens is 3. The van der Waals surface area contributed by atoms with E-state index in [1.54, 1.807) is 17.0 Å². The van der Waals surface area contributed by atoms with Crippen LogP contribution in [0.1, 0.15) is 45.4 Å². The first kappa shape index (κ1) is 29.5. The molecule has 0 saturated carbocycles. The minimum absolute atomic E-state index is 0.0275. The Labute approximate surface area is 237 Å². The van der Waals surface area contributed by atoms with Crippen molar-refractivity contribution in [3.63, 3.8) is 0 Å². The zero-order valence-corrected chi connectivity index (χ0v) is 23.4. The molecule has 0 radical (unpaired) electrons. The topological polar surface area (TPSA) is 87.7 Å². The summed E-state index contributed by atoms with van der Waals surface area (Å²) in [7, 11) is 0. The molecular weight excluding hydrogens is 540 g/mol. The molecule has 1 saturated heterocycles. The highest BCUT2D eigenvalue weighted by molar-refractivity contribution is 6.34. The van der Waals surface area contributed by atoms with Crippen molar-refractivity contribution >= 4 is 40.6 Å². The number of amides is 2. The van der Waals surface area contributed by atoms with Crippen molar-refractivity contribution in [2.24, 2.45) is 0 Å².